The van der Waals surface area contributed by atoms with Crippen LogP contribution in [0, 0.1) is 5.92 Å². The van der Waals surface area contributed by atoms with Crippen molar-refractivity contribution in [3.8, 4) is 0 Å². The van der Waals surface area contributed by atoms with Gasteiger partial charge in [0, 0.05) is 18.8 Å². The first kappa shape index (κ1) is 16.5. The zero-order valence-corrected chi connectivity index (χ0v) is 12.7. The van der Waals surface area contributed by atoms with E-state index in [4.69, 9.17) is 11.6 Å². The number of aromatic nitrogens is 2. The molecule has 4 nitrogen and oxygen atoms in total. The Morgan fingerprint density at radius 2 is 2.19 bits per heavy atom. The van der Waals surface area contributed by atoms with Gasteiger partial charge in [0.1, 0.15) is 5.69 Å². The van der Waals surface area contributed by atoms with E-state index in [9.17, 15) is 18.0 Å². The molecular weight excluding hydrogens is 327 g/mol. The van der Waals surface area contributed by atoms with Crippen LogP contribution in [0.4, 0.5) is 18.9 Å². The van der Waals surface area contributed by atoms with E-state index in [-0.39, 0.29) is 40.3 Å². The SMILES string of the molecule is O=c1c(NCCSC(F)(F)F)c(Cl)cnn1CC1CCC1. The molecule has 1 saturated carbocycles. The van der Waals surface area contributed by atoms with E-state index in [0.29, 0.717) is 12.5 Å². The molecule has 1 aromatic heterocycles. The van der Waals surface area contributed by atoms with Crippen LogP contribution in [-0.4, -0.2) is 27.6 Å². The quantitative estimate of drug-likeness (QED) is 0.806. The molecule has 1 aromatic rings. The van der Waals surface area contributed by atoms with Crippen molar-refractivity contribution in [2.75, 3.05) is 17.6 Å². The number of anilines is 1. The minimum Gasteiger partial charge on any atom is -0.378 e. The summed E-state index contributed by atoms with van der Waals surface area (Å²) in [5, 5.41) is 6.78. The normalized spacial score (nSPS) is 15.8. The first-order valence-electron chi connectivity index (χ1n) is 6.57. The molecule has 21 heavy (non-hydrogen) atoms. The molecule has 1 fully saturated rings. The Labute approximate surface area is 129 Å². The second-order valence-corrected chi connectivity index (χ2v) is 6.44. The van der Waals surface area contributed by atoms with Gasteiger partial charge < -0.3 is 5.32 Å². The molecule has 0 atom stereocenters. The van der Waals surface area contributed by atoms with Crippen molar-refractivity contribution in [1.29, 1.82) is 0 Å². The van der Waals surface area contributed by atoms with Crippen LogP contribution < -0.4 is 10.9 Å². The maximum Gasteiger partial charge on any atom is 0.441 e. The maximum absolute atomic E-state index is 12.2. The molecule has 1 N–H and O–H groups in total. The molecule has 0 spiro atoms. The fourth-order valence-corrected chi connectivity index (χ4v) is 2.65. The zero-order chi connectivity index (χ0) is 15.5. The van der Waals surface area contributed by atoms with Crippen molar-refractivity contribution in [1.82, 2.24) is 9.78 Å². The van der Waals surface area contributed by atoms with E-state index < -0.39 is 5.51 Å². The summed E-state index contributed by atoms with van der Waals surface area (Å²) in [4.78, 5) is 12.2. The van der Waals surface area contributed by atoms with E-state index in [0.717, 1.165) is 19.3 Å². The van der Waals surface area contributed by atoms with Crippen LogP contribution in [0.5, 0.6) is 0 Å². The number of rotatable bonds is 6. The number of thioether (sulfide) groups is 1. The van der Waals surface area contributed by atoms with Gasteiger partial charge in [-0.25, -0.2) is 4.68 Å². The Bertz CT molecular complexity index is 546. The molecule has 0 unspecified atom stereocenters. The highest BCUT2D eigenvalue weighted by atomic mass is 35.5. The molecule has 1 aliphatic carbocycles. The molecule has 1 aliphatic rings. The van der Waals surface area contributed by atoms with Crippen molar-refractivity contribution in [2.45, 2.75) is 31.3 Å². The highest BCUT2D eigenvalue weighted by Crippen LogP contribution is 2.30. The van der Waals surface area contributed by atoms with E-state index in [1.165, 1.54) is 10.9 Å². The monoisotopic (exact) mass is 341 g/mol. The fourth-order valence-electron chi connectivity index (χ4n) is 2.02. The van der Waals surface area contributed by atoms with Crippen molar-refractivity contribution >= 4 is 29.1 Å². The lowest BCUT2D eigenvalue weighted by Crippen LogP contribution is -2.31. The molecule has 0 aromatic carbocycles. The van der Waals surface area contributed by atoms with Gasteiger partial charge in [0.05, 0.1) is 11.2 Å². The summed E-state index contributed by atoms with van der Waals surface area (Å²) >= 11 is 5.75. The smallest absolute Gasteiger partial charge is 0.378 e. The highest BCUT2D eigenvalue weighted by molar-refractivity contribution is 8.00. The van der Waals surface area contributed by atoms with Gasteiger partial charge >= 0.3 is 5.51 Å². The van der Waals surface area contributed by atoms with Gasteiger partial charge in [0.2, 0.25) is 0 Å². The molecule has 0 saturated heterocycles. The first-order valence-corrected chi connectivity index (χ1v) is 7.93. The van der Waals surface area contributed by atoms with E-state index in [1.54, 1.807) is 0 Å². The second kappa shape index (κ2) is 6.91. The number of nitrogens with one attached hydrogen (secondary N) is 1. The average Bonchev–Trinajstić information content (AvgIpc) is 2.33. The van der Waals surface area contributed by atoms with E-state index >= 15 is 0 Å². The first-order chi connectivity index (χ1) is 9.87. The number of halogens is 4. The van der Waals surface area contributed by atoms with Crippen LogP contribution in [0.15, 0.2) is 11.0 Å². The van der Waals surface area contributed by atoms with Gasteiger partial charge in [-0.15, -0.1) is 0 Å². The predicted molar refractivity (Wildman–Crippen MR) is 77.9 cm³/mol. The summed E-state index contributed by atoms with van der Waals surface area (Å²) in [7, 11) is 0. The summed E-state index contributed by atoms with van der Waals surface area (Å²) in [5.41, 5.74) is -4.53. The summed E-state index contributed by atoms with van der Waals surface area (Å²) in [6.07, 6.45) is 4.65. The summed E-state index contributed by atoms with van der Waals surface area (Å²) < 4.78 is 37.4. The molecular formula is C12H15ClF3N3OS. The number of hydrogen-bond acceptors (Lipinski definition) is 4. The van der Waals surface area contributed by atoms with E-state index in [2.05, 4.69) is 10.4 Å². The molecule has 0 bridgehead atoms. The van der Waals surface area contributed by atoms with E-state index in [1.807, 2.05) is 0 Å². The van der Waals surface area contributed by atoms with Gasteiger partial charge in [-0.05, 0) is 30.5 Å². The lowest BCUT2D eigenvalue weighted by atomic mass is 9.85. The minimum absolute atomic E-state index is 0.00653. The molecule has 2 rings (SSSR count). The summed E-state index contributed by atoms with van der Waals surface area (Å²) in [6.45, 7) is 0.536. The van der Waals surface area contributed by atoms with Crippen molar-refractivity contribution in [3.63, 3.8) is 0 Å². The van der Waals surface area contributed by atoms with Crippen LogP contribution in [-0.2, 0) is 6.54 Å². The maximum atomic E-state index is 12.2. The molecule has 9 heteroatoms. The Kier molecular flexibility index (Phi) is 5.43. The van der Waals surface area contributed by atoms with Gasteiger partial charge in [0.25, 0.3) is 5.56 Å². The zero-order valence-electron chi connectivity index (χ0n) is 11.1. The lowest BCUT2D eigenvalue weighted by molar-refractivity contribution is -0.0327. The van der Waals surface area contributed by atoms with Gasteiger partial charge in [-0.3, -0.25) is 4.79 Å². The molecule has 0 aliphatic heterocycles. The fraction of sp³-hybridized carbons (Fsp3) is 0.667. The lowest BCUT2D eigenvalue weighted by Gasteiger charge is -2.25. The Morgan fingerprint density at radius 1 is 1.48 bits per heavy atom. The topological polar surface area (TPSA) is 46.9 Å². The van der Waals surface area contributed by atoms with Crippen LogP contribution in [0.2, 0.25) is 5.02 Å². The average molecular weight is 342 g/mol. The molecule has 0 radical (unpaired) electrons. The van der Waals surface area contributed by atoms with Crippen LogP contribution in [0.1, 0.15) is 19.3 Å². The second-order valence-electron chi connectivity index (χ2n) is 4.87. The van der Waals surface area contributed by atoms with Crippen LogP contribution >= 0.6 is 23.4 Å². The van der Waals surface area contributed by atoms with Crippen LogP contribution in [0.25, 0.3) is 0 Å². The van der Waals surface area contributed by atoms with Crippen molar-refractivity contribution < 1.29 is 13.2 Å². The molecule has 118 valence electrons. The Balaban J connectivity index is 1.97. The van der Waals surface area contributed by atoms with Crippen molar-refractivity contribution in [2.24, 2.45) is 5.92 Å². The van der Waals surface area contributed by atoms with Gasteiger partial charge in [-0.2, -0.15) is 18.3 Å². The third kappa shape index (κ3) is 4.81. The Hall–Kier alpha value is -0.890. The van der Waals surface area contributed by atoms with Crippen molar-refractivity contribution in [3.05, 3.63) is 21.6 Å². The highest BCUT2D eigenvalue weighted by Gasteiger charge is 2.27. The summed E-state index contributed by atoms with van der Waals surface area (Å²) in [5.74, 6) is 0.259. The van der Waals surface area contributed by atoms with Crippen LogP contribution in [0.3, 0.4) is 0 Å². The summed E-state index contributed by atoms with van der Waals surface area (Å²) in [6, 6.07) is 0. The third-order valence-electron chi connectivity index (χ3n) is 3.32. The predicted octanol–water partition coefficient (Wildman–Crippen LogP) is 3.36. The minimum atomic E-state index is -4.27. The van der Waals surface area contributed by atoms with Gasteiger partial charge in [-0.1, -0.05) is 18.0 Å². The number of alkyl halides is 3. The largest absolute Gasteiger partial charge is 0.441 e. The number of nitrogens with zero attached hydrogens (tertiary/aromatic N) is 2. The van der Waals surface area contributed by atoms with Gasteiger partial charge in [0.15, 0.2) is 0 Å². The molecule has 0 amide bonds. The Morgan fingerprint density at radius 3 is 2.76 bits per heavy atom. The molecule has 1 heterocycles. The number of hydrogen-bond donors (Lipinski definition) is 1. The third-order valence-corrected chi connectivity index (χ3v) is 4.35. The standard InChI is InChI=1S/C12H15ClF3N3OS/c13-9-6-18-19(7-8-2-1-3-8)11(20)10(9)17-4-5-21-12(14,15)16/h6,8,17H,1-5,7H2.